The van der Waals surface area contributed by atoms with Gasteiger partial charge in [-0.1, -0.05) is 0 Å². The third-order valence-electron chi connectivity index (χ3n) is 2.08. The summed E-state index contributed by atoms with van der Waals surface area (Å²) < 4.78 is 1.23. The van der Waals surface area contributed by atoms with Gasteiger partial charge in [-0.3, -0.25) is 0 Å². The molecule has 1 aromatic heterocycles. The first-order valence-electron chi connectivity index (χ1n) is 4.28. The molecule has 0 aromatic carbocycles. The van der Waals surface area contributed by atoms with Crippen molar-refractivity contribution in [3.63, 3.8) is 0 Å². The van der Waals surface area contributed by atoms with Gasteiger partial charge in [-0.25, -0.2) is 0 Å². The molecule has 0 aliphatic heterocycles. The highest BCUT2D eigenvalue weighted by molar-refractivity contribution is 9.11. The second-order valence-electron chi connectivity index (χ2n) is 3.33. The summed E-state index contributed by atoms with van der Waals surface area (Å²) in [6, 6.07) is 2.19. The molecule has 1 aromatic rings. The van der Waals surface area contributed by atoms with Crippen LogP contribution in [-0.2, 0) is 6.54 Å². The van der Waals surface area contributed by atoms with Crippen molar-refractivity contribution in [3.05, 3.63) is 20.8 Å². The number of nitrogens with one attached hydrogen (secondary N) is 1. The highest BCUT2D eigenvalue weighted by Gasteiger charge is 2.19. The van der Waals surface area contributed by atoms with E-state index < -0.39 is 0 Å². The molecule has 0 spiro atoms. The standard InChI is InChI=1S/C9H12BrNS/c10-9-3-8(6-12-9)5-11-4-7-1-2-7/h3,6-7,11H,1-2,4-5H2. The monoisotopic (exact) mass is 245 g/mol. The van der Waals surface area contributed by atoms with E-state index >= 15 is 0 Å². The maximum Gasteiger partial charge on any atom is 0.0701 e. The van der Waals surface area contributed by atoms with Crippen molar-refractivity contribution in [2.45, 2.75) is 19.4 Å². The predicted molar refractivity (Wildman–Crippen MR) is 56.4 cm³/mol. The molecule has 1 fully saturated rings. The Morgan fingerprint density at radius 1 is 1.58 bits per heavy atom. The van der Waals surface area contributed by atoms with Crippen LogP contribution in [0, 0.1) is 5.92 Å². The largest absolute Gasteiger partial charge is 0.312 e. The minimum absolute atomic E-state index is 0.979. The Kier molecular flexibility index (Phi) is 2.84. The zero-order valence-electron chi connectivity index (χ0n) is 6.85. The lowest BCUT2D eigenvalue weighted by atomic mass is 10.3. The van der Waals surface area contributed by atoms with E-state index in [-0.39, 0.29) is 0 Å². The number of thiophene rings is 1. The van der Waals surface area contributed by atoms with Gasteiger partial charge in [0.05, 0.1) is 3.79 Å². The zero-order chi connectivity index (χ0) is 8.39. The van der Waals surface area contributed by atoms with Gasteiger partial charge in [0, 0.05) is 6.54 Å². The van der Waals surface area contributed by atoms with Gasteiger partial charge in [-0.05, 0) is 58.2 Å². The van der Waals surface area contributed by atoms with Gasteiger partial charge in [0.15, 0.2) is 0 Å². The second kappa shape index (κ2) is 3.90. The van der Waals surface area contributed by atoms with E-state index in [9.17, 15) is 0 Å². The topological polar surface area (TPSA) is 12.0 Å². The summed E-state index contributed by atoms with van der Waals surface area (Å²) in [5.74, 6) is 0.979. The van der Waals surface area contributed by atoms with Crippen LogP contribution >= 0.6 is 27.3 Å². The van der Waals surface area contributed by atoms with Crippen molar-refractivity contribution < 1.29 is 0 Å². The van der Waals surface area contributed by atoms with Crippen LogP contribution in [0.25, 0.3) is 0 Å². The molecule has 66 valence electrons. The molecule has 0 unspecified atom stereocenters. The summed E-state index contributed by atoms with van der Waals surface area (Å²) in [6.07, 6.45) is 2.86. The van der Waals surface area contributed by atoms with E-state index in [0.717, 1.165) is 12.5 Å². The fourth-order valence-corrected chi connectivity index (χ4v) is 2.39. The highest BCUT2D eigenvalue weighted by Crippen LogP contribution is 2.27. The number of halogens is 1. The van der Waals surface area contributed by atoms with Crippen LogP contribution in [-0.4, -0.2) is 6.54 Å². The third kappa shape index (κ3) is 2.57. The van der Waals surface area contributed by atoms with Crippen molar-refractivity contribution in [1.82, 2.24) is 5.32 Å². The molecule has 1 saturated carbocycles. The second-order valence-corrected chi connectivity index (χ2v) is 5.62. The summed E-state index contributed by atoms with van der Waals surface area (Å²) in [6.45, 7) is 2.23. The van der Waals surface area contributed by atoms with Crippen molar-refractivity contribution in [1.29, 1.82) is 0 Å². The summed E-state index contributed by atoms with van der Waals surface area (Å²) in [5, 5.41) is 5.66. The average Bonchev–Trinajstić information content (AvgIpc) is 2.76. The van der Waals surface area contributed by atoms with Crippen LogP contribution in [0.5, 0.6) is 0 Å². The molecule has 0 amide bonds. The first-order chi connectivity index (χ1) is 5.84. The van der Waals surface area contributed by atoms with E-state index in [4.69, 9.17) is 0 Å². The van der Waals surface area contributed by atoms with Gasteiger partial charge in [0.1, 0.15) is 0 Å². The van der Waals surface area contributed by atoms with Crippen LogP contribution in [0.4, 0.5) is 0 Å². The lowest BCUT2D eigenvalue weighted by Crippen LogP contribution is -2.15. The van der Waals surface area contributed by atoms with E-state index in [1.54, 1.807) is 11.3 Å². The van der Waals surface area contributed by atoms with E-state index in [1.165, 1.54) is 28.7 Å². The molecule has 1 aliphatic rings. The molecule has 1 aliphatic carbocycles. The van der Waals surface area contributed by atoms with Crippen LogP contribution in [0.2, 0.25) is 0 Å². The van der Waals surface area contributed by atoms with Crippen LogP contribution in [0.1, 0.15) is 18.4 Å². The Hall–Kier alpha value is 0.140. The minimum atomic E-state index is 0.979. The van der Waals surface area contributed by atoms with Crippen LogP contribution in [0.3, 0.4) is 0 Å². The summed E-state index contributed by atoms with van der Waals surface area (Å²) in [5.41, 5.74) is 1.40. The molecule has 3 heteroatoms. The minimum Gasteiger partial charge on any atom is -0.312 e. The van der Waals surface area contributed by atoms with Gasteiger partial charge in [-0.2, -0.15) is 0 Å². The van der Waals surface area contributed by atoms with Gasteiger partial charge >= 0.3 is 0 Å². The smallest absolute Gasteiger partial charge is 0.0701 e. The molecule has 0 atom stereocenters. The normalized spacial score (nSPS) is 16.8. The van der Waals surface area contributed by atoms with Crippen molar-refractivity contribution in [2.24, 2.45) is 5.92 Å². The van der Waals surface area contributed by atoms with Crippen LogP contribution < -0.4 is 5.32 Å². The summed E-state index contributed by atoms with van der Waals surface area (Å²) >= 11 is 5.21. The maximum absolute atomic E-state index is 3.46. The molecule has 2 rings (SSSR count). The Morgan fingerprint density at radius 2 is 2.42 bits per heavy atom. The first-order valence-corrected chi connectivity index (χ1v) is 5.95. The molecular weight excluding hydrogens is 234 g/mol. The molecule has 12 heavy (non-hydrogen) atoms. The van der Waals surface area contributed by atoms with E-state index in [0.29, 0.717) is 0 Å². The van der Waals surface area contributed by atoms with Crippen molar-refractivity contribution >= 4 is 27.3 Å². The number of hydrogen-bond acceptors (Lipinski definition) is 2. The predicted octanol–water partition coefficient (Wildman–Crippen LogP) is 3.01. The molecule has 1 heterocycles. The average molecular weight is 246 g/mol. The Bertz CT molecular complexity index is 255. The fourth-order valence-electron chi connectivity index (χ4n) is 1.18. The van der Waals surface area contributed by atoms with Gasteiger partial charge in [-0.15, -0.1) is 11.3 Å². The van der Waals surface area contributed by atoms with Gasteiger partial charge < -0.3 is 5.32 Å². The van der Waals surface area contributed by atoms with E-state index in [1.807, 2.05) is 0 Å². The lowest BCUT2D eigenvalue weighted by molar-refractivity contribution is 0.639. The molecule has 0 saturated heterocycles. The van der Waals surface area contributed by atoms with Gasteiger partial charge in [0.25, 0.3) is 0 Å². The summed E-state index contributed by atoms with van der Waals surface area (Å²) in [4.78, 5) is 0. The summed E-state index contributed by atoms with van der Waals surface area (Å²) in [7, 11) is 0. The first kappa shape index (κ1) is 8.73. The fraction of sp³-hybridized carbons (Fsp3) is 0.556. The Labute approximate surface area is 85.3 Å². The molecule has 1 nitrogen and oxygen atoms in total. The Balaban J connectivity index is 1.71. The lowest BCUT2D eigenvalue weighted by Gasteiger charge is -1.99. The SMILES string of the molecule is Brc1cc(CNCC2CC2)cs1. The van der Waals surface area contributed by atoms with Crippen LogP contribution in [0.15, 0.2) is 15.2 Å². The molecule has 0 bridgehead atoms. The van der Waals surface area contributed by atoms with Crippen molar-refractivity contribution in [3.8, 4) is 0 Å². The highest BCUT2D eigenvalue weighted by atomic mass is 79.9. The van der Waals surface area contributed by atoms with E-state index in [2.05, 4.69) is 32.7 Å². The van der Waals surface area contributed by atoms with Gasteiger partial charge in [0.2, 0.25) is 0 Å². The Morgan fingerprint density at radius 3 is 3.00 bits per heavy atom. The molecule has 1 N–H and O–H groups in total. The number of hydrogen-bond donors (Lipinski definition) is 1. The van der Waals surface area contributed by atoms with Crippen molar-refractivity contribution in [2.75, 3.05) is 6.54 Å². The maximum atomic E-state index is 3.46. The number of rotatable bonds is 4. The zero-order valence-corrected chi connectivity index (χ0v) is 9.25. The molecular formula is C9H12BrNS. The molecule has 0 radical (unpaired) electrons. The third-order valence-corrected chi connectivity index (χ3v) is 3.63. The quantitative estimate of drug-likeness (QED) is 0.861.